The van der Waals surface area contributed by atoms with Gasteiger partial charge in [-0.2, -0.15) is 0 Å². The van der Waals surface area contributed by atoms with Gasteiger partial charge in [0, 0.05) is 24.2 Å². The van der Waals surface area contributed by atoms with Crippen molar-refractivity contribution in [3.8, 4) is 0 Å². The summed E-state index contributed by atoms with van der Waals surface area (Å²) in [7, 11) is -2.26. The Morgan fingerprint density at radius 3 is 2.41 bits per heavy atom. The summed E-state index contributed by atoms with van der Waals surface area (Å²) in [6.07, 6.45) is 0. The molecule has 150 valence electrons. The van der Waals surface area contributed by atoms with E-state index in [-0.39, 0.29) is 27.1 Å². The van der Waals surface area contributed by atoms with Crippen LogP contribution in [0.2, 0.25) is 10.0 Å². The molecule has 3 aromatic rings. The van der Waals surface area contributed by atoms with Crippen LogP contribution < -0.4 is 4.72 Å². The topological polar surface area (TPSA) is 66.5 Å². The quantitative estimate of drug-likeness (QED) is 0.572. The highest BCUT2D eigenvalue weighted by Crippen LogP contribution is 2.24. The van der Waals surface area contributed by atoms with Crippen LogP contribution in [0.5, 0.6) is 0 Å². The SMILES string of the molecule is CN(Cc1cccc(Cl)c1)C(=O)c1cccc(S(=O)(=O)Nc2ccccc2Cl)c1. The Hall–Kier alpha value is -2.54. The number of amides is 1. The minimum absolute atomic E-state index is 0.0283. The molecule has 8 heteroatoms. The number of halogens is 2. The highest BCUT2D eigenvalue weighted by Gasteiger charge is 2.19. The van der Waals surface area contributed by atoms with Crippen molar-refractivity contribution in [1.82, 2.24) is 4.90 Å². The number of anilines is 1. The molecule has 0 aliphatic rings. The molecule has 1 amide bonds. The summed E-state index contributed by atoms with van der Waals surface area (Å²) in [6.45, 7) is 0.342. The average molecular weight is 449 g/mol. The van der Waals surface area contributed by atoms with E-state index in [0.29, 0.717) is 11.6 Å². The Morgan fingerprint density at radius 1 is 0.966 bits per heavy atom. The maximum absolute atomic E-state index is 12.8. The van der Waals surface area contributed by atoms with Gasteiger partial charge in [0.15, 0.2) is 0 Å². The standard InChI is InChI=1S/C21H18Cl2N2O3S/c1-25(14-15-6-4-8-17(22)12-15)21(26)16-7-5-9-18(13-16)29(27,28)24-20-11-3-2-10-19(20)23/h2-13,24H,14H2,1H3. The zero-order valence-corrected chi connectivity index (χ0v) is 17.8. The molecule has 0 unspecified atom stereocenters. The average Bonchev–Trinajstić information content (AvgIpc) is 2.69. The van der Waals surface area contributed by atoms with Crippen LogP contribution in [0.4, 0.5) is 5.69 Å². The third kappa shape index (κ3) is 5.29. The van der Waals surface area contributed by atoms with Gasteiger partial charge < -0.3 is 4.90 Å². The van der Waals surface area contributed by atoms with Gasteiger partial charge in [0.2, 0.25) is 0 Å². The largest absolute Gasteiger partial charge is 0.337 e. The van der Waals surface area contributed by atoms with E-state index < -0.39 is 10.0 Å². The minimum Gasteiger partial charge on any atom is -0.337 e. The highest BCUT2D eigenvalue weighted by atomic mass is 35.5. The van der Waals surface area contributed by atoms with Crippen molar-refractivity contribution in [2.75, 3.05) is 11.8 Å². The first-order chi connectivity index (χ1) is 13.8. The van der Waals surface area contributed by atoms with Crippen molar-refractivity contribution >= 4 is 44.8 Å². The van der Waals surface area contributed by atoms with Gasteiger partial charge in [0.25, 0.3) is 15.9 Å². The molecule has 5 nitrogen and oxygen atoms in total. The van der Waals surface area contributed by atoms with Gasteiger partial charge in [-0.3, -0.25) is 9.52 Å². The summed E-state index contributed by atoms with van der Waals surface area (Å²) >= 11 is 12.0. The summed E-state index contributed by atoms with van der Waals surface area (Å²) in [5.41, 5.74) is 1.40. The van der Waals surface area contributed by atoms with Gasteiger partial charge in [-0.1, -0.05) is 53.5 Å². The van der Waals surface area contributed by atoms with Gasteiger partial charge in [-0.05, 0) is 48.0 Å². The number of hydrogen-bond donors (Lipinski definition) is 1. The number of benzene rings is 3. The van der Waals surface area contributed by atoms with Crippen LogP contribution in [-0.2, 0) is 16.6 Å². The molecular weight excluding hydrogens is 431 g/mol. The number of nitrogens with one attached hydrogen (secondary N) is 1. The molecule has 0 aromatic heterocycles. The van der Waals surface area contributed by atoms with Gasteiger partial charge in [0.1, 0.15) is 0 Å². The number of para-hydroxylation sites is 1. The number of carbonyl (C=O) groups excluding carboxylic acids is 1. The van der Waals surface area contributed by atoms with Crippen molar-refractivity contribution < 1.29 is 13.2 Å². The van der Waals surface area contributed by atoms with Crippen LogP contribution in [0.15, 0.2) is 77.7 Å². The second kappa shape index (κ2) is 8.86. The van der Waals surface area contributed by atoms with E-state index in [1.807, 2.05) is 12.1 Å². The molecule has 29 heavy (non-hydrogen) atoms. The van der Waals surface area contributed by atoms with Crippen LogP contribution in [0.1, 0.15) is 15.9 Å². The monoisotopic (exact) mass is 448 g/mol. The number of carbonyl (C=O) groups is 1. The predicted octanol–water partition coefficient (Wildman–Crippen LogP) is 5.07. The molecular formula is C21H18Cl2N2O3S. The van der Waals surface area contributed by atoms with Crippen molar-refractivity contribution in [3.63, 3.8) is 0 Å². The summed E-state index contributed by atoms with van der Waals surface area (Å²) < 4.78 is 27.9. The second-order valence-electron chi connectivity index (χ2n) is 6.40. The highest BCUT2D eigenvalue weighted by molar-refractivity contribution is 7.92. The van der Waals surface area contributed by atoms with E-state index in [2.05, 4.69) is 4.72 Å². The Morgan fingerprint density at radius 2 is 1.69 bits per heavy atom. The fraction of sp³-hybridized carbons (Fsp3) is 0.0952. The van der Waals surface area contributed by atoms with Crippen molar-refractivity contribution in [2.24, 2.45) is 0 Å². The third-order valence-corrected chi connectivity index (χ3v) is 6.09. The van der Waals surface area contributed by atoms with Crippen molar-refractivity contribution in [3.05, 3.63) is 94.0 Å². The molecule has 0 spiro atoms. The zero-order chi connectivity index (χ0) is 21.0. The maximum atomic E-state index is 12.8. The second-order valence-corrected chi connectivity index (χ2v) is 8.93. The lowest BCUT2D eigenvalue weighted by molar-refractivity contribution is 0.0785. The molecule has 3 aromatic carbocycles. The van der Waals surface area contributed by atoms with Gasteiger partial charge >= 0.3 is 0 Å². The fourth-order valence-electron chi connectivity index (χ4n) is 2.75. The van der Waals surface area contributed by atoms with Crippen LogP contribution in [0, 0.1) is 0 Å². The lowest BCUT2D eigenvalue weighted by Crippen LogP contribution is -2.26. The zero-order valence-electron chi connectivity index (χ0n) is 15.5. The van der Waals surface area contributed by atoms with Gasteiger partial charge in [0.05, 0.1) is 15.6 Å². The number of hydrogen-bond acceptors (Lipinski definition) is 3. The van der Waals surface area contributed by atoms with E-state index in [4.69, 9.17) is 23.2 Å². The Balaban J connectivity index is 1.81. The summed E-state index contributed by atoms with van der Waals surface area (Å²) in [5.74, 6) is -0.306. The normalized spacial score (nSPS) is 11.1. The van der Waals surface area contributed by atoms with E-state index in [0.717, 1.165) is 5.56 Å². The molecule has 0 saturated heterocycles. The van der Waals surface area contributed by atoms with Crippen molar-refractivity contribution in [2.45, 2.75) is 11.4 Å². The van der Waals surface area contributed by atoms with Crippen molar-refractivity contribution in [1.29, 1.82) is 0 Å². The van der Waals surface area contributed by atoms with E-state index >= 15 is 0 Å². The van der Waals surface area contributed by atoms with E-state index in [1.54, 1.807) is 49.5 Å². The van der Waals surface area contributed by atoms with Gasteiger partial charge in [-0.15, -0.1) is 0 Å². The third-order valence-electron chi connectivity index (χ3n) is 4.16. The first-order valence-corrected chi connectivity index (χ1v) is 10.9. The molecule has 0 atom stereocenters. The fourth-order valence-corrected chi connectivity index (χ4v) is 4.32. The number of rotatable bonds is 6. The van der Waals surface area contributed by atoms with E-state index in [1.165, 1.54) is 23.1 Å². The van der Waals surface area contributed by atoms with Crippen LogP contribution >= 0.6 is 23.2 Å². The molecule has 0 bridgehead atoms. The summed E-state index contributed by atoms with van der Waals surface area (Å²) in [4.78, 5) is 14.3. The Kier molecular flexibility index (Phi) is 6.47. The molecule has 0 radical (unpaired) electrons. The molecule has 0 saturated carbocycles. The number of sulfonamides is 1. The molecule has 0 heterocycles. The first-order valence-electron chi connectivity index (χ1n) is 8.63. The number of nitrogens with zero attached hydrogens (tertiary/aromatic N) is 1. The lowest BCUT2D eigenvalue weighted by atomic mass is 10.1. The molecule has 1 N–H and O–H groups in total. The van der Waals surface area contributed by atoms with Crippen LogP contribution in [0.25, 0.3) is 0 Å². The predicted molar refractivity (Wildman–Crippen MR) is 116 cm³/mol. The molecule has 0 aliphatic heterocycles. The first kappa shape index (κ1) is 21.2. The lowest BCUT2D eigenvalue weighted by Gasteiger charge is -2.18. The minimum atomic E-state index is -3.90. The molecule has 0 aliphatic carbocycles. The molecule has 3 rings (SSSR count). The van der Waals surface area contributed by atoms with Gasteiger partial charge in [-0.25, -0.2) is 8.42 Å². The van der Waals surface area contributed by atoms with E-state index in [9.17, 15) is 13.2 Å². The Labute approximate surface area is 179 Å². The maximum Gasteiger partial charge on any atom is 0.261 e. The Bertz CT molecular complexity index is 1150. The smallest absolute Gasteiger partial charge is 0.261 e. The summed E-state index contributed by atoms with van der Waals surface area (Å²) in [5, 5.41) is 0.867. The van der Waals surface area contributed by atoms with Crippen LogP contribution in [-0.4, -0.2) is 26.3 Å². The van der Waals surface area contributed by atoms with Crippen LogP contribution in [0.3, 0.4) is 0 Å². The molecule has 0 fully saturated rings. The summed E-state index contributed by atoms with van der Waals surface area (Å²) in [6, 6.07) is 19.6.